The number of nitrogens with zero attached hydrogens (tertiary/aromatic N) is 2. The second-order valence-corrected chi connectivity index (χ2v) is 3.64. The van der Waals surface area contributed by atoms with Crippen molar-refractivity contribution in [3.05, 3.63) is 27.3 Å². The van der Waals surface area contributed by atoms with Crippen molar-refractivity contribution in [3.63, 3.8) is 0 Å². The molecule has 0 aliphatic heterocycles. The fraction of sp³-hybridized carbons (Fsp3) is 0.400. The van der Waals surface area contributed by atoms with Gasteiger partial charge >= 0.3 is 24.0 Å². The van der Waals surface area contributed by atoms with Crippen LogP contribution < -0.4 is 4.74 Å². The highest BCUT2D eigenvalue weighted by Gasteiger charge is 2.35. The Balaban J connectivity index is 3.26. The van der Waals surface area contributed by atoms with E-state index in [1.807, 2.05) is 0 Å². The third-order valence-corrected chi connectivity index (χ3v) is 2.24. The molecule has 0 unspecified atom stereocenters. The Bertz CT molecular complexity index is 544. The topological polar surface area (TPSA) is 91.6 Å². The van der Waals surface area contributed by atoms with Gasteiger partial charge in [-0.25, -0.2) is 0 Å². The van der Waals surface area contributed by atoms with Crippen LogP contribution in [-0.4, -0.2) is 29.3 Å². The summed E-state index contributed by atoms with van der Waals surface area (Å²) >= 11 is 0. The molecule has 1 rings (SSSR count). The van der Waals surface area contributed by atoms with Gasteiger partial charge in [0.1, 0.15) is 0 Å². The van der Waals surface area contributed by atoms with Gasteiger partial charge in [0.25, 0.3) is 0 Å². The molecule has 1 aromatic rings. The minimum atomic E-state index is -5.02. The number of ether oxygens (including phenoxy) is 2. The highest BCUT2D eigenvalue weighted by atomic mass is 19.4. The second-order valence-electron chi connectivity index (χ2n) is 3.64. The lowest BCUT2D eigenvalue weighted by molar-refractivity contribution is -0.390. The number of hydrogen-bond acceptors (Lipinski definition) is 6. The molecule has 0 saturated heterocycles. The SMILES string of the molecule is COC(=O)Cc1c(C)cc(OC(F)(F)F)nc1[N+](=O)[O-]. The van der Waals surface area contributed by atoms with Crippen molar-refractivity contribution in [1.29, 1.82) is 0 Å². The van der Waals surface area contributed by atoms with Gasteiger partial charge in [-0.15, -0.1) is 13.2 Å². The lowest BCUT2D eigenvalue weighted by atomic mass is 10.1. The van der Waals surface area contributed by atoms with Gasteiger partial charge < -0.3 is 19.6 Å². The van der Waals surface area contributed by atoms with E-state index in [1.54, 1.807) is 0 Å². The Hall–Kier alpha value is -2.39. The maximum atomic E-state index is 12.1. The van der Waals surface area contributed by atoms with Crippen LogP contribution >= 0.6 is 0 Å². The predicted molar refractivity (Wildman–Crippen MR) is 58.0 cm³/mol. The predicted octanol–water partition coefficient (Wildman–Crippen LogP) is 1.91. The summed E-state index contributed by atoms with van der Waals surface area (Å²) in [4.78, 5) is 24.1. The molecule has 1 aromatic heterocycles. The zero-order valence-electron chi connectivity index (χ0n) is 10.4. The van der Waals surface area contributed by atoms with Crippen molar-refractivity contribution in [3.8, 4) is 5.88 Å². The molecule has 110 valence electrons. The summed E-state index contributed by atoms with van der Waals surface area (Å²) < 4.78 is 44.1. The number of pyridine rings is 1. The minimum absolute atomic E-state index is 0.0661. The van der Waals surface area contributed by atoms with E-state index in [-0.39, 0.29) is 11.1 Å². The molecule has 0 saturated carbocycles. The molecule has 10 heteroatoms. The fourth-order valence-electron chi connectivity index (χ4n) is 1.41. The van der Waals surface area contributed by atoms with Crippen molar-refractivity contribution in [1.82, 2.24) is 4.98 Å². The molecule has 0 bridgehead atoms. The highest BCUT2D eigenvalue weighted by Crippen LogP contribution is 2.28. The first-order valence-electron chi connectivity index (χ1n) is 5.11. The number of nitro groups is 1. The number of carbonyl (C=O) groups excluding carboxylic acids is 1. The van der Waals surface area contributed by atoms with Crippen LogP contribution in [0.4, 0.5) is 19.0 Å². The minimum Gasteiger partial charge on any atom is -0.469 e. The Labute approximate surface area is 110 Å². The van der Waals surface area contributed by atoms with Crippen LogP contribution in [0.25, 0.3) is 0 Å². The molecule has 0 aromatic carbocycles. The lowest BCUT2D eigenvalue weighted by Gasteiger charge is -2.09. The molecule has 0 amide bonds. The molecular formula is C10H9F3N2O5. The summed E-state index contributed by atoms with van der Waals surface area (Å²) in [5.74, 6) is -2.62. The summed E-state index contributed by atoms with van der Waals surface area (Å²) in [6.45, 7) is 1.30. The molecule has 1 heterocycles. The Morgan fingerprint density at radius 2 is 2.10 bits per heavy atom. The van der Waals surface area contributed by atoms with Crippen molar-refractivity contribution in [2.45, 2.75) is 19.7 Å². The van der Waals surface area contributed by atoms with Gasteiger partial charge in [0.15, 0.2) is 0 Å². The van der Waals surface area contributed by atoms with Gasteiger partial charge in [-0.3, -0.25) is 4.79 Å². The summed E-state index contributed by atoms with van der Waals surface area (Å²) in [6, 6.07) is 0.860. The van der Waals surface area contributed by atoms with Crippen molar-refractivity contribution in [2.75, 3.05) is 7.11 Å². The number of alkyl halides is 3. The van der Waals surface area contributed by atoms with Crippen LogP contribution in [0.15, 0.2) is 6.07 Å². The first kappa shape index (κ1) is 15.7. The Kier molecular flexibility index (Phi) is 4.48. The summed E-state index contributed by atoms with van der Waals surface area (Å²) in [6.07, 6.45) is -5.49. The molecule has 0 aliphatic carbocycles. The number of aryl methyl sites for hydroxylation is 1. The lowest BCUT2D eigenvalue weighted by Crippen LogP contribution is -2.19. The Morgan fingerprint density at radius 1 is 1.50 bits per heavy atom. The maximum absolute atomic E-state index is 12.1. The van der Waals surface area contributed by atoms with Gasteiger partial charge in [0, 0.05) is 11.1 Å². The smallest absolute Gasteiger partial charge is 0.469 e. The van der Waals surface area contributed by atoms with E-state index in [2.05, 4.69) is 14.5 Å². The third-order valence-electron chi connectivity index (χ3n) is 2.24. The highest BCUT2D eigenvalue weighted by molar-refractivity contribution is 5.74. The van der Waals surface area contributed by atoms with Gasteiger partial charge in [-0.1, -0.05) is 0 Å². The van der Waals surface area contributed by atoms with Gasteiger partial charge in [0.2, 0.25) is 0 Å². The van der Waals surface area contributed by atoms with Crippen molar-refractivity contribution in [2.24, 2.45) is 0 Å². The van der Waals surface area contributed by atoms with E-state index in [0.29, 0.717) is 0 Å². The molecule has 0 aliphatic rings. The van der Waals surface area contributed by atoms with E-state index >= 15 is 0 Å². The van der Waals surface area contributed by atoms with E-state index in [1.165, 1.54) is 6.92 Å². The van der Waals surface area contributed by atoms with Crippen LogP contribution in [0, 0.1) is 17.0 Å². The normalized spacial score (nSPS) is 11.1. The van der Waals surface area contributed by atoms with Crippen LogP contribution in [-0.2, 0) is 16.0 Å². The van der Waals surface area contributed by atoms with Crippen molar-refractivity contribution < 1.29 is 32.4 Å². The molecule has 7 nitrogen and oxygen atoms in total. The molecule has 0 fully saturated rings. The number of esters is 1. The quantitative estimate of drug-likeness (QED) is 0.478. The number of hydrogen-bond donors (Lipinski definition) is 0. The van der Waals surface area contributed by atoms with Gasteiger partial charge in [-0.05, 0) is 17.4 Å². The fourth-order valence-corrected chi connectivity index (χ4v) is 1.41. The average Bonchev–Trinajstić information content (AvgIpc) is 2.29. The van der Waals surface area contributed by atoms with E-state index in [9.17, 15) is 28.1 Å². The molecule has 0 radical (unpaired) electrons. The monoisotopic (exact) mass is 294 g/mol. The zero-order chi connectivity index (χ0) is 15.5. The number of carbonyl (C=O) groups is 1. The first-order chi connectivity index (χ1) is 9.14. The number of rotatable bonds is 4. The Morgan fingerprint density at radius 3 is 2.55 bits per heavy atom. The average molecular weight is 294 g/mol. The molecular weight excluding hydrogens is 285 g/mol. The molecule has 0 spiro atoms. The molecule has 0 N–H and O–H groups in total. The zero-order valence-corrected chi connectivity index (χ0v) is 10.4. The van der Waals surface area contributed by atoms with Gasteiger partial charge in [-0.2, -0.15) is 0 Å². The van der Waals surface area contributed by atoms with Gasteiger partial charge in [0.05, 0.1) is 19.1 Å². The van der Waals surface area contributed by atoms with Crippen LogP contribution in [0.5, 0.6) is 5.88 Å². The summed E-state index contributed by atoms with van der Waals surface area (Å²) in [5.41, 5.74) is -0.0623. The second kappa shape index (κ2) is 5.72. The maximum Gasteiger partial charge on any atom is 0.575 e. The van der Waals surface area contributed by atoms with E-state index in [0.717, 1.165) is 13.2 Å². The number of methoxy groups -OCH3 is 1. The van der Waals surface area contributed by atoms with E-state index in [4.69, 9.17) is 0 Å². The van der Waals surface area contributed by atoms with Crippen LogP contribution in [0.3, 0.4) is 0 Å². The third kappa shape index (κ3) is 4.07. The first-order valence-corrected chi connectivity index (χ1v) is 5.11. The number of halogens is 3. The standard InChI is InChI=1S/C10H9F3N2O5/c1-5-3-7(20-10(11,12)13)14-9(15(17)18)6(5)4-8(16)19-2/h3H,4H2,1-2H3. The van der Waals surface area contributed by atoms with E-state index < -0.39 is 35.4 Å². The molecule has 20 heavy (non-hydrogen) atoms. The van der Waals surface area contributed by atoms with Crippen LogP contribution in [0.1, 0.15) is 11.1 Å². The van der Waals surface area contributed by atoms with Crippen molar-refractivity contribution >= 4 is 11.8 Å². The largest absolute Gasteiger partial charge is 0.575 e. The summed E-state index contributed by atoms with van der Waals surface area (Å²) in [5, 5.41) is 10.8. The molecule has 0 atom stereocenters. The summed E-state index contributed by atoms with van der Waals surface area (Å²) in [7, 11) is 1.08. The number of aromatic nitrogens is 1. The van der Waals surface area contributed by atoms with Crippen LogP contribution in [0.2, 0.25) is 0 Å².